The molecular weight excluding hydrogens is 736 g/mol. The van der Waals surface area contributed by atoms with E-state index < -0.39 is 46.6 Å². The van der Waals surface area contributed by atoms with Crippen molar-refractivity contribution in [2.75, 3.05) is 5.32 Å². The molecule has 2 aliphatic rings. The molecule has 0 spiro atoms. The minimum Gasteiger partial charge on any atom is -0.507 e. The second kappa shape index (κ2) is 16.9. The standard InChI is InChI=1S/C41H40N6O10/c48-29-20-31(50)37(38-36(29)30(49)21-32(57-38)24-12-7-6-8-13-24)56-23-25-22-46(45-44-25)19-10-5-3-1-2-4-9-16-33(51)42-27-15-11-14-26-35(27)41(55)47(40(26)54)28-17-18-34(52)43-39(28)53/h6-8,11-15,20-22,28,48,50H,1-5,9-10,16-19,23H2,(H,42,51)(H,43,52,53). The summed E-state index contributed by atoms with van der Waals surface area (Å²) in [5.74, 6) is -3.38. The SMILES string of the molecule is O=C1CCC(N2C(=O)c3cccc(NC(=O)CCCCCCCCCn4cc(COc5c(O)cc(O)c6c(=O)cc(-c7ccccc7)oc56)nn4)c3C2=O)C(=O)N1. The van der Waals surface area contributed by atoms with Gasteiger partial charge in [-0.1, -0.05) is 73.7 Å². The van der Waals surface area contributed by atoms with Crippen LogP contribution in [0.5, 0.6) is 17.2 Å². The number of imide groups is 2. The summed E-state index contributed by atoms with van der Waals surface area (Å²) < 4.78 is 13.5. The van der Waals surface area contributed by atoms with Crippen LogP contribution in [-0.2, 0) is 27.5 Å². The topological polar surface area (TPSA) is 223 Å². The van der Waals surface area contributed by atoms with Crippen molar-refractivity contribution in [2.24, 2.45) is 0 Å². The summed E-state index contributed by atoms with van der Waals surface area (Å²) in [6, 6.07) is 14.8. The highest BCUT2D eigenvalue weighted by atomic mass is 16.5. The van der Waals surface area contributed by atoms with E-state index >= 15 is 0 Å². The van der Waals surface area contributed by atoms with Gasteiger partial charge in [-0.3, -0.25) is 43.7 Å². The Labute approximate surface area is 325 Å². The van der Waals surface area contributed by atoms with Crippen LogP contribution in [0.2, 0.25) is 0 Å². The Morgan fingerprint density at radius 2 is 1.65 bits per heavy atom. The van der Waals surface area contributed by atoms with Crippen LogP contribution in [0.1, 0.15) is 90.6 Å². The van der Waals surface area contributed by atoms with E-state index in [2.05, 4.69) is 20.9 Å². The molecule has 3 aromatic carbocycles. The van der Waals surface area contributed by atoms with Crippen molar-refractivity contribution in [3.8, 4) is 28.6 Å². The molecule has 1 atom stereocenters. The highest BCUT2D eigenvalue weighted by Crippen LogP contribution is 2.41. The maximum Gasteiger partial charge on any atom is 0.264 e. The van der Waals surface area contributed by atoms with Crippen LogP contribution in [0.3, 0.4) is 0 Å². The molecule has 57 heavy (non-hydrogen) atoms. The number of hydrogen-bond donors (Lipinski definition) is 4. The predicted octanol–water partition coefficient (Wildman–Crippen LogP) is 5.20. The summed E-state index contributed by atoms with van der Waals surface area (Å²) in [5, 5.41) is 34.1. The van der Waals surface area contributed by atoms with Crippen molar-refractivity contribution in [1.82, 2.24) is 25.2 Å². The van der Waals surface area contributed by atoms with Gasteiger partial charge in [0.25, 0.3) is 11.8 Å². The van der Waals surface area contributed by atoms with Crippen LogP contribution >= 0.6 is 0 Å². The molecule has 1 fully saturated rings. The molecule has 1 unspecified atom stereocenters. The van der Waals surface area contributed by atoms with Crippen LogP contribution in [0.4, 0.5) is 5.69 Å². The molecule has 4 heterocycles. The molecule has 0 radical (unpaired) electrons. The van der Waals surface area contributed by atoms with E-state index in [1.165, 1.54) is 12.1 Å². The largest absolute Gasteiger partial charge is 0.507 e. The number of phenolic OH excluding ortho intramolecular Hbond substituents is 2. The van der Waals surface area contributed by atoms with Crippen molar-refractivity contribution in [3.05, 3.63) is 93.9 Å². The molecule has 2 aliphatic heterocycles. The molecule has 16 heteroatoms. The van der Waals surface area contributed by atoms with Gasteiger partial charge in [-0.25, -0.2) is 0 Å². The number of anilines is 1. The third-order valence-electron chi connectivity index (χ3n) is 9.96. The zero-order valence-corrected chi connectivity index (χ0v) is 30.9. The van der Waals surface area contributed by atoms with Gasteiger partial charge in [-0.15, -0.1) is 5.10 Å². The summed E-state index contributed by atoms with van der Waals surface area (Å²) in [7, 11) is 0. The summed E-state index contributed by atoms with van der Waals surface area (Å²) >= 11 is 0. The van der Waals surface area contributed by atoms with Gasteiger partial charge < -0.3 is 24.7 Å². The minimum atomic E-state index is -1.08. The first-order valence-corrected chi connectivity index (χ1v) is 18.8. The molecule has 1 saturated heterocycles. The first-order chi connectivity index (χ1) is 27.6. The van der Waals surface area contributed by atoms with Gasteiger partial charge in [0.05, 0.1) is 23.0 Å². The van der Waals surface area contributed by atoms with Gasteiger partial charge in [0, 0.05) is 37.1 Å². The highest BCUT2D eigenvalue weighted by Gasteiger charge is 2.45. The highest BCUT2D eigenvalue weighted by molar-refractivity contribution is 6.26. The van der Waals surface area contributed by atoms with Crippen LogP contribution in [0.15, 0.2) is 76.1 Å². The van der Waals surface area contributed by atoms with Gasteiger partial charge in [-0.2, -0.15) is 0 Å². The lowest BCUT2D eigenvalue weighted by Gasteiger charge is -2.27. The van der Waals surface area contributed by atoms with Gasteiger partial charge in [0.15, 0.2) is 16.8 Å². The zero-order valence-electron chi connectivity index (χ0n) is 30.9. The number of carbonyl (C=O) groups is 5. The third kappa shape index (κ3) is 8.39. The number of rotatable bonds is 16. The van der Waals surface area contributed by atoms with Crippen LogP contribution in [0.25, 0.3) is 22.3 Å². The summed E-state index contributed by atoms with van der Waals surface area (Å²) in [4.78, 5) is 76.8. The van der Waals surface area contributed by atoms with E-state index in [0.29, 0.717) is 24.2 Å². The Kier molecular flexibility index (Phi) is 11.4. The zero-order chi connectivity index (χ0) is 40.1. The molecule has 5 amide bonds. The Hall–Kier alpha value is -6.84. The summed E-state index contributed by atoms with van der Waals surface area (Å²) in [6.07, 6.45) is 8.30. The predicted molar refractivity (Wildman–Crippen MR) is 204 cm³/mol. The van der Waals surface area contributed by atoms with Crippen molar-refractivity contribution in [3.63, 3.8) is 0 Å². The molecule has 294 valence electrons. The maximum absolute atomic E-state index is 13.3. The molecule has 4 N–H and O–H groups in total. The first-order valence-electron chi connectivity index (χ1n) is 18.8. The van der Waals surface area contributed by atoms with E-state index in [-0.39, 0.29) is 71.1 Å². The number of phenols is 2. The average Bonchev–Trinajstić information content (AvgIpc) is 3.75. The fourth-order valence-electron chi connectivity index (χ4n) is 7.10. The number of aryl methyl sites for hydroxylation is 1. The molecule has 7 rings (SSSR count). The number of fused-ring (bicyclic) bond motifs is 2. The lowest BCUT2D eigenvalue weighted by atomic mass is 10.0. The number of aromatic nitrogens is 3. The van der Waals surface area contributed by atoms with E-state index in [4.69, 9.17) is 9.15 Å². The summed E-state index contributed by atoms with van der Waals surface area (Å²) in [5.41, 5.74) is 0.946. The monoisotopic (exact) mass is 776 g/mol. The number of hydrogen-bond acceptors (Lipinski definition) is 12. The Morgan fingerprint density at radius 1 is 0.895 bits per heavy atom. The number of ether oxygens (including phenoxy) is 1. The van der Waals surface area contributed by atoms with Crippen LogP contribution in [0, 0.1) is 0 Å². The van der Waals surface area contributed by atoms with Crippen LogP contribution < -0.4 is 20.8 Å². The summed E-state index contributed by atoms with van der Waals surface area (Å²) in [6.45, 7) is 0.567. The number of benzene rings is 3. The molecular formula is C41H40N6O10. The maximum atomic E-state index is 13.3. The van der Waals surface area contributed by atoms with E-state index in [1.54, 1.807) is 47.3 Å². The second-order valence-electron chi connectivity index (χ2n) is 14.0. The van der Waals surface area contributed by atoms with E-state index in [9.17, 15) is 39.0 Å². The van der Waals surface area contributed by atoms with Crippen molar-refractivity contribution in [1.29, 1.82) is 0 Å². The molecule has 0 saturated carbocycles. The number of unbranched alkanes of at least 4 members (excludes halogenated alkanes) is 6. The Morgan fingerprint density at radius 3 is 2.42 bits per heavy atom. The second-order valence-corrected chi connectivity index (χ2v) is 14.0. The number of nitrogens with zero attached hydrogens (tertiary/aromatic N) is 4. The van der Waals surface area contributed by atoms with Gasteiger partial charge in [0.2, 0.25) is 23.5 Å². The quantitative estimate of drug-likeness (QED) is 0.0750. The Bertz CT molecular complexity index is 2420. The van der Waals surface area contributed by atoms with E-state index in [0.717, 1.165) is 49.5 Å². The molecule has 0 bridgehead atoms. The Balaban J connectivity index is 0.814. The van der Waals surface area contributed by atoms with Gasteiger partial charge in [-0.05, 0) is 31.4 Å². The normalized spacial score (nSPS) is 15.2. The third-order valence-corrected chi connectivity index (χ3v) is 9.96. The van der Waals surface area contributed by atoms with E-state index in [1.807, 2.05) is 6.07 Å². The first kappa shape index (κ1) is 38.4. The number of carbonyl (C=O) groups excluding carboxylic acids is 5. The fraction of sp³-hybridized carbons (Fsp3) is 0.317. The molecule has 0 aliphatic carbocycles. The average molecular weight is 777 g/mol. The van der Waals surface area contributed by atoms with Gasteiger partial charge in [0.1, 0.15) is 35.2 Å². The fourth-order valence-corrected chi connectivity index (χ4v) is 7.10. The lowest BCUT2D eigenvalue weighted by molar-refractivity contribution is -0.136. The molecule has 5 aromatic rings. The number of aromatic hydroxyl groups is 2. The van der Waals surface area contributed by atoms with Crippen LogP contribution in [-0.4, -0.2) is 65.7 Å². The minimum absolute atomic E-state index is 0.0204. The van der Waals surface area contributed by atoms with Crippen molar-refractivity contribution in [2.45, 2.75) is 83.4 Å². The number of amides is 5. The molecule has 2 aromatic heterocycles. The number of nitrogens with one attached hydrogen (secondary N) is 2. The van der Waals surface area contributed by atoms with Gasteiger partial charge >= 0.3 is 0 Å². The van der Waals surface area contributed by atoms with Crippen molar-refractivity contribution < 1.29 is 43.3 Å². The van der Waals surface area contributed by atoms with Crippen molar-refractivity contribution >= 4 is 46.2 Å². The number of piperidine rings is 1. The molecule has 16 nitrogen and oxygen atoms in total. The lowest BCUT2D eigenvalue weighted by Crippen LogP contribution is -2.54. The smallest absolute Gasteiger partial charge is 0.264 e.